The molecule has 2 amide bonds. The molecule has 1 aliphatic rings. The molecule has 27 heavy (non-hydrogen) atoms. The SMILES string of the molecule is CC(C)(C)OC(=O)N1Cc2cc(C#N)cc(-c3ccccc3C(N)=O)c2C1. The van der Waals surface area contributed by atoms with Crippen LogP contribution < -0.4 is 5.73 Å². The number of nitriles is 1. The van der Waals surface area contributed by atoms with E-state index < -0.39 is 17.6 Å². The fraction of sp³-hybridized carbons (Fsp3) is 0.286. The number of hydrogen-bond donors (Lipinski definition) is 1. The molecule has 3 rings (SSSR count). The van der Waals surface area contributed by atoms with Crippen LogP contribution in [0.5, 0.6) is 0 Å². The number of rotatable bonds is 2. The number of benzene rings is 2. The maximum atomic E-state index is 12.5. The van der Waals surface area contributed by atoms with E-state index in [4.69, 9.17) is 10.5 Å². The maximum absolute atomic E-state index is 12.5. The van der Waals surface area contributed by atoms with Gasteiger partial charge in [0.25, 0.3) is 0 Å². The van der Waals surface area contributed by atoms with Crippen LogP contribution in [0.1, 0.15) is 47.8 Å². The van der Waals surface area contributed by atoms with Crippen LogP contribution in [-0.4, -0.2) is 22.5 Å². The van der Waals surface area contributed by atoms with Gasteiger partial charge in [0.2, 0.25) is 5.91 Å². The molecule has 1 aliphatic heterocycles. The number of nitrogens with zero attached hydrogens (tertiary/aromatic N) is 2. The van der Waals surface area contributed by atoms with E-state index in [1.54, 1.807) is 35.2 Å². The maximum Gasteiger partial charge on any atom is 0.410 e. The van der Waals surface area contributed by atoms with Crippen molar-refractivity contribution in [1.29, 1.82) is 5.26 Å². The quantitative estimate of drug-likeness (QED) is 0.882. The fourth-order valence-corrected chi connectivity index (χ4v) is 3.21. The number of carbonyl (C=O) groups is 2. The second kappa shape index (κ2) is 6.76. The molecule has 0 bridgehead atoms. The third-order valence-corrected chi connectivity index (χ3v) is 4.32. The van der Waals surface area contributed by atoms with Gasteiger partial charge in [-0.15, -0.1) is 0 Å². The first-order chi connectivity index (χ1) is 12.7. The third-order valence-electron chi connectivity index (χ3n) is 4.32. The van der Waals surface area contributed by atoms with E-state index in [0.717, 1.165) is 16.7 Å². The number of fused-ring (bicyclic) bond motifs is 1. The van der Waals surface area contributed by atoms with Crippen LogP contribution in [0.2, 0.25) is 0 Å². The molecule has 2 N–H and O–H groups in total. The predicted molar refractivity (Wildman–Crippen MR) is 101 cm³/mol. The number of carbonyl (C=O) groups excluding carboxylic acids is 2. The Morgan fingerprint density at radius 2 is 1.85 bits per heavy atom. The van der Waals surface area contributed by atoms with E-state index in [1.165, 1.54) is 0 Å². The Morgan fingerprint density at radius 1 is 1.15 bits per heavy atom. The summed E-state index contributed by atoms with van der Waals surface area (Å²) in [5.74, 6) is -0.538. The topological polar surface area (TPSA) is 96.4 Å². The normalized spacial score (nSPS) is 13.0. The molecule has 1 heterocycles. The minimum atomic E-state index is -0.592. The summed E-state index contributed by atoms with van der Waals surface area (Å²) in [7, 11) is 0. The average molecular weight is 363 g/mol. The van der Waals surface area contributed by atoms with Gasteiger partial charge in [-0.2, -0.15) is 5.26 Å². The number of primary amides is 1. The van der Waals surface area contributed by atoms with Crippen molar-refractivity contribution in [3.63, 3.8) is 0 Å². The van der Waals surface area contributed by atoms with E-state index in [-0.39, 0.29) is 0 Å². The van der Waals surface area contributed by atoms with Gasteiger partial charge in [0, 0.05) is 12.1 Å². The van der Waals surface area contributed by atoms with Gasteiger partial charge in [-0.1, -0.05) is 18.2 Å². The van der Waals surface area contributed by atoms with Crippen molar-refractivity contribution in [2.75, 3.05) is 0 Å². The lowest BCUT2D eigenvalue weighted by molar-refractivity contribution is 0.0242. The predicted octanol–water partition coefficient (Wildman–Crippen LogP) is 3.57. The summed E-state index contributed by atoms with van der Waals surface area (Å²) in [6.07, 6.45) is -0.411. The largest absolute Gasteiger partial charge is 0.444 e. The van der Waals surface area contributed by atoms with Crippen molar-refractivity contribution in [1.82, 2.24) is 4.90 Å². The van der Waals surface area contributed by atoms with Gasteiger partial charge in [-0.3, -0.25) is 9.69 Å². The number of amides is 2. The van der Waals surface area contributed by atoms with Crippen LogP contribution in [0.4, 0.5) is 4.79 Å². The van der Waals surface area contributed by atoms with Crippen LogP contribution in [0.3, 0.4) is 0 Å². The molecule has 6 nitrogen and oxygen atoms in total. The van der Waals surface area contributed by atoms with Gasteiger partial charge >= 0.3 is 6.09 Å². The molecule has 0 atom stereocenters. The van der Waals surface area contributed by atoms with Gasteiger partial charge in [0.1, 0.15) is 5.60 Å². The first kappa shape index (κ1) is 18.5. The van der Waals surface area contributed by atoms with Crippen molar-refractivity contribution in [3.05, 3.63) is 58.7 Å². The summed E-state index contributed by atoms with van der Waals surface area (Å²) in [5.41, 5.74) is 8.94. The molecule has 0 saturated heterocycles. The zero-order valence-corrected chi connectivity index (χ0v) is 15.6. The highest BCUT2D eigenvalue weighted by atomic mass is 16.6. The summed E-state index contributed by atoms with van der Waals surface area (Å²) in [5, 5.41) is 9.40. The van der Waals surface area contributed by atoms with E-state index in [1.807, 2.05) is 26.8 Å². The Balaban J connectivity index is 2.06. The van der Waals surface area contributed by atoms with Crippen LogP contribution in [0, 0.1) is 11.3 Å². The Labute approximate surface area is 158 Å². The van der Waals surface area contributed by atoms with Crippen molar-refractivity contribution in [3.8, 4) is 17.2 Å². The Morgan fingerprint density at radius 3 is 2.48 bits per heavy atom. The van der Waals surface area contributed by atoms with Crippen LogP contribution in [-0.2, 0) is 17.8 Å². The molecular formula is C21H21N3O3. The lowest BCUT2D eigenvalue weighted by Crippen LogP contribution is -2.33. The molecule has 2 aromatic rings. The van der Waals surface area contributed by atoms with Crippen LogP contribution in [0.25, 0.3) is 11.1 Å². The molecule has 0 aromatic heterocycles. The molecule has 0 spiro atoms. The summed E-state index contributed by atoms with van der Waals surface area (Å²) in [6.45, 7) is 6.15. The van der Waals surface area contributed by atoms with Gasteiger partial charge in [0.15, 0.2) is 0 Å². The average Bonchev–Trinajstić information content (AvgIpc) is 3.03. The standard InChI is InChI=1S/C21H21N3O3/c1-21(2,3)27-20(26)24-11-14-8-13(10-22)9-17(18(14)12-24)15-6-4-5-7-16(15)19(23)25/h4-9H,11-12H2,1-3H3,(H2,23,25). The molecule has 0 unspecified atom stereocenters. The summed E-state index contributed by atoms with van der Waals surface area (Å²) in [4.78, 5) is 25.9. The van der Waals surface area contributed by atoms with Gasteiger partial charge in [0.05, 0.1) is 18.2 Å². The van der Waals surface area contributed by atoms with Crippen LogP contribution in [0.15, 0.2) is 36.4 Å². The second-order valence-corrected chi connectivity index (χ2v) is 7.52. The van der Waals surface area contributed by atoms with E-state index in [0.29, 0.717) is 29.8 Å². The molecule has 6 heteroatoms. The van der Waals surface area contributed by atoms with Gasteiger partial charge in [-0.25, -0.2) is 4.79 Å². The van der Waals surface area contributed by atoms with Crippen molar-refractivity contribution in [2.24, 2.45) is 5.73 Å². The third kappa shape index (κ3) is 3.77. The molecule has 0 aliphatic carbocycles. The molecule has 0 fully saturated rings. The van der Waals surface area contributed by atoms with Crippen LogP contribution >= 0.6 is 0 Å². The molecule has 138 valence electrons. The van der Waals surface area contributed by atoms with E-state index >= 15 is 0 Å². The molecule has 0 saturated carbocycles. The highest BCUT2D eigenvalue weighted by Gasteiger charge is 2.30. The van der Waals surface area contributed by atoms with Crippen molar-refractivity contribution in [2.45, 2.75) is 39.5 Å². The lowest BCUT2D eigenvalue weighted by Gasteiger charge is -2.24. The summed E-state index contributed by atoms with van der Waals surface area (Å²) < 4.78 is 5.46. The molecule has 2 aromatic carbocycles. The molecule has 0 radical (unpaired) electrons. The Hall–Kier alpha value is -3.33. The number of ether oxygens (including phenoxy) is 1. The minimum Gasteiger partial charge on any atom is -0.444 e. The highest BCUT2D eigenvalue weighted by molar-refractivity contribution is 6.00. The lowest BCUT2D eigenvalue weighted by atomic mass is 9.91. The van der Waals surface area contributed by atoms with Crippen molar-refractivity contribution >= 4 is 12.0 Å². The number of hydrogen-bond acceptors (Lipinski definition) is 4. The van der Waals surface area contributed by atoms with Crippen molar-refractivity contribution < 1.29 is 14.3 Å². The second-order valence-electron chi connectivity index (χ2n) is 7.52. The smallest absolute Gasteiger partial charge is 0.410 e. The van der Waals surface area contributed by atoms with Gasteiger partial charge in [-0.05, 0) is 61.2 Å². The minimum absolute atomic E-state index is 0.346. The fourth-order valence-electron chi connectivity index (χ4n) is 3.21. The zero-order valence-electron chi connectivity index (χ0n) is 15.6. The Bertz CT molecular complexity index is 968. The van der Waals surface area contributed by atoms with E-state index in [9.17, 15) is 14.9 Å². The highest BCUT2D eigenvalue weighted by Crippen LogP contribution is 2.36. The summed E-state index contributed by atoms with van der Waals surface area (Å²) in [6, 6.07) is 12.7. The Kier molecular flexibility index (Phi) is 4.63. The van der Waals surface area contributed by atoms with E-state index in [2.05, 4.69) is 6.07 Å². The zero-order chi connectivity index (χ0) is 19.8. The molecular weight excluding hydrogens is 342 g/mol. The first-order valence-electron chi connectivity index (χ1n) is 8.62. The number of nitrogens with two attached hydrogens (primary N) is 1. The van der Waals surface area contributed by atoms with Gasteiger partial charge < -0.3 is 10.5 Å². The monoisotopic (exact) mass is 363 g/mol. The first-order valence-corrected chi connectivity index (χ1v) is 8.62. The summed E-state index contributed by atoms with van der Waals surface area (Å²) >= 11 is 0.